The second-order valence-electron chi connectivity index (χ2n) is 17.2. The Labute approximate surface area is 384 Å². The second kappa shape index (κ2) is 15.3. The van der Waals surface area contributed by atoms with Gasteiger partial charge < -0.3 is 14.2 Å². The van der Waals surface area contributed by atoms with E-state index in [-0.39, 0.29) is 0 Å². The third-order valence-corrected chi connectivity index (χ3v) is 13.7. The van der Waals surface area contributed by atoms with Crippen LogP contribution in [0.15, 0.2) is 259 Å². The van der Waals surface area contributed by atoms with Gasteiger partial charge in [-0.15, -0.1) is 0 Å². The molecule has 13 rings (SSSR count). The lowest BCUT2D eigenvalue weighted by Gasteiger charge is -2.33. The Morgan fingerprint density at radius 1 is 0.318 bits per heavy atom. The number of para-hydroxylation sites is 3. The fourth-order valence-electron chi connectivity index (χ4n) is 10.9. The smallest absolute Gasteiger partial charge is 0.142 e. The van der Waals surface area contributed by atoms with E-state index in [1.54, 1.807) is 0 Å². The first-order valence-electron chi connectivity index (χ1n) is 22.7. The van der Waals surface area contributed by atoms with Gasteiger partial charge in [-0.3, -0.25) is 0 Å². The number of anilines is 6. The van der Waals surface area contributed by atoms with Crippen molar-refractivity contribution in [3.8, 4) is 44.7 Å². The molecule has 0 fully saturated rings. The van der Waals surface area contributed by atoms with Gasteiger partial charge in [0.1, 0.15) is 11.3 Å². The van der Waals surface area contributed by atoms with Crippen molar-refractivity contribution in [2.45, 2.75) is 5.41 Å². The predicted octanol–water partition coefficient (Wildman–Crippen LogP) is 17.0. The molecule has 66 heavy (non-hydrogen) atoms. The van der Waals surface area contributed by atoms with Gasteiger partial charge in [0.25, 0.3) is 0 Å². The summed E-state index contributed by atoms with van der Waals surface area (Å²) >= 11 is 0. The van der Waals surface area contributed by atoms with Crippen LogP contribution in [0.1, 0.15) is 22.3 Å². The lowest BCUT2D eigenvalue weighted by atomic mass is 9.70. The van der Waals surface area contributed by atoms with Gasteiger partial charge in [0.05, 0.1) is 11.1 Å². The van der Waals surface area contributed by atoms with Crippen LogP contribution in [0, 0.1) is 0 Å². The van der Waals surface area contributed by atoms with Gasteiger partial charge in [-0.1, -0.05) is 182 Å². The Balaban J connectivity index is 1.08. The van der Waals surface area contributed by atoms with Gasteiger partial charge in [0, 0.05) is 45.0 Å². The van der Waals surface area contributed by atoms with Crippen LogP contribution in [0.5, 0.6) is 0 Å². The molecule has 2 aliphatic rings. The van der Waals surface area contributed by atoms with Crippen LogP contribution in [0.25, 0.3) is 55.7 Å². The summed E-state index contributed by atoms with van der Waals surface area (Å²) in [5.74, 6) is 0.907. The SMILES string of the molecule is c1ccc(-c2ccc(N(c3ccc(-c4ccccc4)cc3)c3cccc4c3-c3oc5ccccc5c3C43c4ccccc4-c4ccc(N(c5ccccc5)c5ccccc5)cc43)cc2)cc1. The number of rotatable bonds is 8. The van der Waals surface area contributed by atoms with E-state index in [0.717, 1.165) is 56.4 Å². The molecule has 1 atom stereocenters. The van der Waals surface area contributed by atoms with E-state index in [0.29, 0.717) is 0 Å². The Morgan fingerprint density at radius 3 is 1.41 bits per heavy atom. The van der Waals surface area contributed by atoms with Gasteiger partial charge in [0.15, 0.2) is 0 Å². The normalized spacial score (nSPS) is 14.1. The molecule has 310 valence electrons. The van der Waals surface area contributed by atoms with Crippen molar-refractivity contribution in [1.29, 1.82) is 0 Å². The molecule has 0 aliphatic heterocycles. The first kappa shape index (κ1) is 37.9. The molecule has 0 saturated carbocycles. The van der Waals surface area contributed by atoms with Crippen LogP contribution >= 0.6 is 0 Å². The maximum Gasteiger partial charge on any atom is 0.142 e. The summed E-state index contributed by atoms with van der Waals surface area (Å²) < 4.78 is 7.25. The van der Waals surface area contributed by atoms with Gasteiger partial charge in [-0.05, 0) is 123 Å². The third kappa shape index (κ3) is 5.77. The topological polar surface area (TPSA) is 19.6 Å². The Morgan fingerprint density at radius 2 is 0.788 bits per heavy atom. The Hall–Kier alpha value is -8.66. The minimum absolute atomic E-state index is 0.686. The third-order valence-electron chi connectivity index (χ3n) is 13.7. The number of fused-ring (bicyclic) bond motifs is 12. The molecule has 11 aromatic rings. The summed E-state index contributed by atoms with van der Waals surface area (Å²) in [6.07, 6.45) is 0. The van der Waals surface area contributed by atoms with Crippen molar-refractivity contribution in [3.05, 3.63) is 277 Å². The minimum Gasteiger partial charge on any atom is -0.456 e. The largest absolute Gasteiger partial charge is 0.456 e. The minimum atomic E-state index is -0.686. The van der Waals surface area contributed by atoms with Crippen molar-refractivity contribution in [2.24, 2.45) is 0 Å². The highest BCUT2D eigenvalue weighted by Gasteiger charge is 2.55. The van der Waals surface area contributed by atoms with Crippen LogP contribution in [-0.2, 0) is 5.41 Å². The highest BCUT2D eigenvalue weighted by atomic mass is 16.3. The maximum atomic E-state index is 7.25. The summed E-state index contributed by atoms with van der Waals surface area (Å²) in [5.41, 5.74) is 19.9. The molecule has 0 N–H and O–H groups in total. The molecule has 3 heteroatoms. The first-order chi connectivity index (χ1) is 32.8. The Bertz CT molecular complexity index is 3440. The molecule has 10 aromatic carbocycles. The van der Waals surface area contributed by atoms with E-state index in [1.807, 2.05) is 0 Å². The molecule has 2 aliphatic carbocycles. The molecular formula is C63H42N2O. The summed E-state index contributed by atoms with van der Waals surface area (Å²) in [6.45, 7) is 0. The van der Waals surface area contributed by atoms with Gasteiger partial charge in [-0.25, -0.2) is 0 Å². The summed E-state index contributed by atoms with van der Waals surface area (Å²) in [5, 5.41) is 1.12. The van der Waals surface area contributed by atoms with Crippen LogP contribution < -0.4 is 9.80 Å². The quantitative estimate of drug-likeness (QED) is 0.152. The molecule has 1 spiro atoms. The van der Waals surface area contributed by atoms with E-state index in [9.17, 15) is 0 Å². The number of nitrogens with zero attached hydrogens (tertiary/aromatic N) is 2. The highest BCUT2D eigenvalue weighted by molar-refractivity contribution is 6.06. The summed E-state index contributed by atoms with van der Waals surface area (Å²) in [6, 6.07) is 92.2. The predicted molar refractivity (Wildman–Crippen MR) is 273 cm³/mol. The number of hydrogen-bond donors (Lipinski definition) is 0. The zero-order chi connectivity index (χ0) is 43.6. The van der Waals surface area contributed by atoms with Crippen LogP contribution in [-0.4, -0.2) is 0 Å². The monoisotopic (exact) mass is 842 g/mol. The van der Waals surface area contributed by atoms with Crippen molar-refractivity contribution >= 4 is 45.1 Å². The summed E-state index contributed by atoms with van der Waals surface area (Å²) in [7, 11) is 0. The van der Waals surface area contributed by atoms with Gasteiger partial charge in [0.2, 0.25) is 0 Å². The van der Waals surface area contributed by atoms with Crippen LogP contribution in [0.3, 0.4) is 0 Å². The second-order valence-corrected chi connectivity index (χ2v) is 17.2. The molecule has 0 saturated heterocycles. The number of benzene rings is 10. The van der Waals surface area contributed by atoms with E-state index in [1.165, 1.54) is 55.6 Å². The number of hydrogen-bond acceptors (Lipinski definition) is 3. The lowest BCUT2D eigenvalue weighted by Crippen LogP contribution is -2.26. The molecule has 1 aromatic heterocycles. The fourth-order valence-corrected chi connectivity index (χ4v) is 10.9. The number of furan rings is 1. The maximum absolute atomic E-state index is 7.25. The van der Waals surface area contributed by atoms with Gasteiger partial charge >= 0.3 is 0 Å². The van der Waals surface area contributed by atoms with Crippen molar-refractivity contribution in [2.75, 3.05) is 9.80 Å². The van der Waals surface area contributed by atoms with E-state index >= 15 is 0 Å². The average Bonchev–Trinajstić information content (AvgIpc) is 4.02. The first-order valence-corrected chi connectivity index (χ1v) is 22.7. The fraction of sp³-hybridized carbons (Fsp3) is 0.0159. The highest BCUT2D eigenvalue weighted by Crippen LogP contribution is 2.67. The van der Waals surface area contributed by atoms with Gasteiger partial charge in [-0.2, -0.15) is 0 Å². The molecule has 0 radical (unpaired) electrons. The standard InChI is InChI=1S/C63H42N2O/c1-5-18-43(19-6-1)45-32-36-49(37-33-45)65(50-38-34-46(35-39-50)44-20-7-2-8-21-44)58-30-17-29-56-60(58)62-61(54-27-14-16-31-59(54)66-62)63(56)55-28-15-13-26-52(55)53-41-40-51(42-57(53)63)64(47-22-9-3-10-23-47)48-24-11-4-12-25-48/h1-42H. The zero-order valence-electron chi connectivity index (χ0n) is 36.1. The van der Waals surface area contributed by atoms with Crippen LogP contribution in [0.4, 0.5) is 34.1 Å². The zero-order valence-corrected chi connectivity index (χ0v) is 36.1. The van der Waals surface area contributed by atoms with E-state index in [4.69, 9.17) is 4.42 Å². The van der Waals surface area contributed by atoms with Crippen molar-refractivity contribution in [1.82, 2.24) is 0 Å². The van der Waals surface area contributed by atoms with Crippen LogP contribution in [0.2, 0.25) is 0 Å². The average molecular weight is 843 g/mol. The van der Waals surface area contributed by atoms with E-state index < -0.39 is 5.41 Å². The molecule has 0 amide bonds. The Kier molecular flexibility index (Phi) is 8.75. The van der Waals surface area contributed by atoms with Crippen molar-refractivity contribution < 1.29 is 4.42 Å². The van der Waals surface area contributed by atoms with E-state index in [2.05, 4.69) is 265 Å². The molecule has 1 heterocycles. The summed E-state index contributed by atoms with van der Waals surface area (Å²) in [4.78, 5) is 4.79. The van der Waals surface area contributed by atoms with Crippen molar-refractivity contribution in [3.63, 3.8) is 0 Å². The molecule has 3 nitrogen and oxygen atoms in total. The lowest BCUT2D eigenvalue weighted by molar-refractivity contribution is 0.628. The molecular weight excluding hydrogens is 801 g/mol. The molecule has 0 bridgehead atoms. The molecule has 1 unspecified atom stereocenters.